The lowest BCUT2D eigenvalue weighted by molar-refractivity contribution is -0.126. The zero-order chi connectivity index (χ0) is 49.7. The molecule has 0 aliphatic heterocycles. The number of amides is 7. The summed E-state index contributed by atoms with van der Waals surface area (Å²) in [5.41, 5.74) is 2.14. The van der Waals surface area contributed by atoms with Crippen LogP contribution in [0.5, 0.6) is 0 Å². The third-order valence-electron chi connectivity index (χ3n) is 15.7. The van der Waals surface area contributed by atoms with E-state index in [9.17, 15) is 19.2 Å². The number of unbranched alkanes of at least 4 members (excludes halogenated alkanes) is 6. The Labute approximate surface area is 427 Å². The van der Waals surface area contributed by atoms with E-state index in [0.29, 0.717) is 44.6 Å². The molecule has 0 radical (unpaired) electrons. The predicted octanol–water partition coefficient (Wildman–Crippen LogP) is 12.4. The first-order valence-electron chi connectivity index (χ1n) is 29.2. The first-order valence-corrected chi connectivity index (χ1v) is 29.2. The molecule has 6 fully saturated rings. The fourth-order valence-electron chi connectivity index (χ4n) is 11.4. The Morgan fingerprint density at radius 1 is 0.437 bits per heavy atom. The van der Waals surface area contributed by atoms with Crippen LogP contribution in [0.15, 0.2) is 20.3 Å². The van der Waals surface area contributed by atoms with Crippen molar-refractivity contribution in [2.75, 3.05) is 26.2 Å². The average Bonchev–Trinajstić information content (AvgIpc) is 3.40. The number of aliphatic imine (C=N–C) groups is 2. The number of carbonyl (C=O) groups is 4. The zero-order valence-corrected chi connectivity index (χ0v) is 44.1. The molecule has 16 nitrogen and oxygen atoms in total. The Morgan fingerprint density at radius 2 is 0.775 bits per heavy atom. The lowest BCUT2D eigenvalue weighted by atomic mass is 9.94. The molecule has 3 N–H and O–H groups in total. The largest absolute Gasteiger partial charge is 0.338 e. The second kappa shape index (κ2) is 32.8. The first-order chi connectivity index (χ1) is 34.9. The number of hydrogen-bond donors (Lipinski definition) is 3. The van der Waals surface area contributed by atoms with E-state index in [1.807, 2.05) is 0 Å². The van der Waals surface area contributed by atoms with Gasteiger partial charge in [0.25, 0.3) is 0 Å². The monoisotopic (exact) mass is 991 g/mol. The normalized spacial score (nSPS) is 20.4. The number of urea groups is 3. The number of carbonyl (C=O) groups excluding carboxylic acids is 4. The van der Waals surface area contributed by atoms with Gasteiger partial charge < -0.3 is 25.6 Å². The second-order valence-corrected chi connectivity index (χ2v) is 21.5. The number of rotatable bonds is 20. The highest BCUT2D eigenvalue weighted by molar-refractivity contribution is 5.96. The molecular weight excluding hydrogens is 897 g/mol. The van der Waals surface area contributed by atoms with Crippen LogP contribution in [0, 0.1) is 0 Å². The minimum atomic E-state index is -0.356. The van der Waals surface area contributed by atoms with Crippen molar-refractivity contribution in [1.82, 2.24) is 30.7 Å². The maximum atomic E-state index is 14.0. The standard InChI is InChI=1S/C55H94N10O6/c1-44(66)63(43-27-5-4-26-42-58-53(69)65(50-38-22-11-23-39-50)55(60-46-30-14-7-15-31-46)71-62-48-34-18-9-19-35-48)51(67)56-40-24-2-3-25-41-57-52(68)64(49-36-20-10-21-37-49)54(59-45-28-12-6-13-29-45)70-61-47-32-16-8-17-33-47/h45-46,49-50H,2-43H2,1H3,(H,56,67)(H,57,68)(H,58,69)/b59-54-,60-55-. The van der Waals surface area contributed by atoms with Crippen LogP contribution in [-0.4, -0.2) is 113 Å². The fraction of sp³-hybridized carbons (Fsp3) is 0.855. The highest BCUT2D eigenvalue weighted by Crippen LogP contribution is 2.29. The van der Waals surface area contributed by atoms with Gasteiger partial charge in [0.15, 0.2) is 0 Å². The molecule has 7 amide bonds. The highest BCUT2D eigenvalue weighted by atomic mass is 16.7. The Morgan fingerprint density at radius 3 is 1.15 bits per heavy atom. The van der Waals surface area contributed by atoms with E-state index in [2.05, 4.69) is 26.3 Å². The summed E-state index contributed by atoms with van der Waals surface area (Å²) in [6.07, 6.45) is 38.9. The van der Waals surface area contributed by atoms with E-state index in [4.69, 9.17) is 19.7 Å². The molecule has 0 bridgehead atoms. The molecule has 6 aliphatic carbocycles. The Hall–Kier alpha value is -4.24. The summed E-state index contributed by atoms with van der Waals surface area (Å²) in [4.78, 5) is 81.0. The van der Waals surface area contributed by atoms with Crippen LogP contribution in [0.2, 0.25) is 0 Å². The van der Waals surface area contributed by atoms with Crippen LogP contribution >= 0.6 is 0 Å². The molecule has 0 aromatic carbocycles. The van der Waals surface area contributed by atoms with Crippen LogP contribution in [0.4, 0.5) is 14.4 Å². The average molecular weight is 991 g/mol. The maximum absolute atomic E-state index is 14.0. The van der Waals surface area contributed by atoms with Crippen LogP contribution in [0.25, 0.3) is 0 Å². The van der Waals surface area contributed by atoms with Crippen molar-refractivity contribution in [2.24, 2.45) is 20.3 Å². The van der Waals surface area contributed by atoms with Gasteiger partial charge in [0.05, 0.1) is 23.5 Å². The smallest absolute Gasteiger partial charge is 0.326 e. The number of hydrogen-bond acceptors (Lipinski definition) is 10. The summed E-state index contributed by atoms with van der Waals surface area (Å²) in [6.45, 7) is 3.34. The van der Waals surface area contributed by atoms with E-state index >= 15 is 0 Å². The first kappa shape index (κ1) is 56.1. The van der Waals surface area contributed by atoms with Crippen molar-refractivity contribution in [3.63, 3.8) is 0 Å². The Kier molecular flexibility index (Phi) is 25.9. The van der Waals surface area contributed by atoms with Gasteiger partial charge in [0, 0.05) is 45.2 Å². The van der Waals surface area contributed by atoms with E-state index in [-0.39, 0.29) is 48.2 Å². The van der Waals surface area contributed by atoms with Crippen LogP contribution in [-0.2, 0) is 14.5 Å². The van der Waals surface area contributed by atoms with Crippen LogP contribution in [0.1, 0.15) is 251 Å². The predicted molar refractivity (Wildman–Crippen MR) is 284 cm³/mol. The molecule has 6 saturated carbocycles. The van der Waals surface area contributed by atoms with Crippen LogP contribution in [0.3, 0.4) is 0 Å². The Bertz CT molecular complexity index is 1710. The van der Waals surface area contributed by atoms with Crippen LogP contribution < -0.4 is 16.0 Å². The van der Waals surface area contributed by atoms with E-state index in [1.54, 1.807) is 9.80 Å². The highest BCUT2D eigenvalue weighted by Gasteiger charge is 2.34. The van der Waals surface area contributed by atoms with E-state index in [1.165, 1.54) is 50.3 Å². The second-order valence-electron chi connectivity index (χ2n) is 21.5. The van der Waals surface area contributed by atoms with Crippen molar-refractivity contribution in [1.29, 1.82) is 0 Å². The van der Waals surface area contributed by atoms with Gasteiger partial charge in [-0.3, -0.25) is 9.69 Å². The molecule has 6 aliphatic rings. The van der Waals surface area contributed by atoms with Crippen molar-refractivity contribution in [3.8, 4) is 0 Å². The van der Waals surface area contributed by atoms with E-state index in [0.717, 1.165) is 210 Å². The summed E-state index contributed by atoms with van der Waals surface area (Å²) in [5.74, 6) is -0.268. The molecule has 0 saturated heterocycles. The molecule has 0 aromatic rings. The number of nitrogens with one attached hydrogen (secondary N) is 3. The molecule has 400 valence electrons. The summed E-state index contributed by atoms with van der Waals surface area (Å²) in [6, 6.07) is 0.494. The van der Waals surface area contributed by atoms with Gasteiger partial charge in [-0.25, -0.2) is 34.2 Å². The third kappa shape index (κ3) is 20.3. The van der Waals surface area contributed by atoms with Gasteiger partial charge in [-0.1, -0.05) is 126 Å². The molecule has 16 heteroatoms. The third-order valence-corrected chi connectivity index (χ3v) is 15.7. The summed E-state index contributed by atoms with van der Waals surface area (Å²) in [5, 5.41) is 18.5. The van der Waals surface area contributed by atoms with Crippen molar-refractivity contribution < 1.29 is 28.9 Å². The lowest BCUT2D eigenvalue weighted by Crippen LogP contribution is -2.51. The molecular formula is C55H94N10O6. The molecule has 0 spiro atoms. The van der Waals surface area contributed by atoms with Crippen molar-refractivity contribution in [2.45, 2.75) is 275 Å². The molecule has 0 heterocycles. The summed E-state index contributed by atoms with van der Waals surface area (Å²) < 4.78 is 0. The summed E-state index contributed by atoms with van der Waals surface area (Å²) >= 11 is 0. The minimum absolute atomic E-state index is 0.0428. The van der Waals surface area contributed by atoms with Crippen molar-refractivity contribution >= 4 is 47.5 Å². The molecule has 6 rings (SSSR count). The number of oxime groups is 2. The number of nitrogens with zero attached hydrogens (tertiary/aromatic N) is 7. The van der Waals surface area contributed by atoms with Gasteiger partial charge in [0.1, 0.15) is 0 Å². The van der Waals surface area contributed by atoms with Gasteiger partial charge in [-0.05, 0) is 128 Å². The Balaban J connectivity index is 0.881. The SMILES string of the molecule is CC(=O)N(CCCCCCNC(=O)N(/C(=N/C1CCCCC1)ON=C1CCCCC1)C1CCCCC1)C(=O)NCCCCCCNC(=O)N(/C(=N/C1CCCCC1)ON=C1CCCCC1)C1CCCCC1. The lowest BCUT2D eigenvalue weighted by Gasteiger charge is -2.34. The van der Waals surface area contributed by atoms with E-state index < -0.39 is 0 Å². The van der Waals surface area contributed by atoms with Gasteiger partial charge >= 0.3 is 30.1 Å². The summed E-state index contributed by atoms with van der Waals surface area (Å²) in [7, 11) is 0. The van der Waals surface area contributed by atoms with Gasteiger partial charge in [-0.15, -0.1) is 0 Å². The fourth-order valence-corrected chi connectivity index (χ4v) is 11.4. The molecule has 0 atom stereocenters. The minimum Gasteiger partial charge on any atom is -0.338 e. The topological polar surface area (TPSA) is 182 Å². The number of imide groups is 1. The van der Waals surface area contributed by atoms with Gasteiger partial charge in [-0.2, -0.15) is 0 Å². The molecule has 71 heavy (non-hydrogen) atoms. The maximum Gasteiger partial charge on any atom is 0.326 e. The van der Waals surface area contributed by atoms with Gasteiger partial charge in [0.2, 0.25) is 5.91 Å². The number of amidine groups is 2. The van der Waals surface area contributed by atoms with Crippen molar-refractivity contribution in [3.05, 3.63) is 0 Å². The zero-order valence-electron chi connectivity index (χ0n) is 44.1. The molecule has 0 unspecified atom stereocenters. The molecule has 0 aromatic heterocycles. The quantitative estimate of drug-likeness (QED) is 0.0472.